The van der Waals surface area contributed by atoms with Crippen LogP contribution in [-0.4, -0.2) is 10.1 Å². The van der Waals surface area contributed by atoms with Crippen LogP contribution in [0.15, 0.2) is 18.3 Å². The molecule has 0 aliphatic rings. The molecule has 5 N–H and O–H groups in total. The average molecular weight is 201 g/mol. The highest BCUT2D eigenvalue weighted by atomic mass is 32.1. The Kier molecular flexibility index (Phi) is 3.53. The van der Waals surface area contributed by atoms with Crippen molar-refractivity contribution in [2.45, 2.75) is 6.54 Å². The molecule has 1 aromatic rings. The third kappa shape index (κ3) is 2.92. The molecule has 0 amide bonds. The summed E-state index contributed by atoms with van der Waals surface area (Å²) in [5.74, 6) is 3.01. The molecule has 0 radical (unpaired) electrons. The number of halogens is 1. The van der Waals surface area contributed by atoms with Gasteiger partial charge in [-0.05, 0) is 24.4 Å². The van der Waals surface area contributed by atoms with Crippen LogP contribution in [0.2, 0.25) is 0 Å². The second-order valence-electron chi connectivity index (χ2n) is 2.29. The predicted octanol–water partition coefficient (Wildman–Crippen LogP) is -0.658. The highest BCUT2D eigenvalue weighted by Gasteiger charge is 2.02. The zero-order chi connectivity index (χ0) is 9.68. The Bertz CT molecular complexity index is 304. The van der Waals surface area contributed by atoms with Crippen LogP contribution in [0.3, 0.4) is 0 Å². The number of nitrogens with one attached hydrogen (secondary N) is 2. The third-order valence-corrected chi connectivity index (χ3v) is 1.70. The molecule has 70 valence electrons. The van der Waals surface area contributed by atoms with Gasteiger partial charge in [0.05, 0.1) is 12.2 Å². The molecule has 1 rings (SSSR count). The topological polar surface area (TPSA) is 64.6 Å². The van der Waals surface area contributed by atoms with Crippen LogP contribution in [0.5, 0.6) is 0 Å². The number of thiocarbonyl (C=S) groups is 1. The lowest BCUT2D eigenvalue weighted by atomic mass is 10.3. The smallest absolute Gasteiger partial charge is 0.213 e. The van der Waals surface area contributed by atoms with Gasteiger partial charge in [0.2, 0.25) is 5.11 Å². The first-order valence-electron chi connectivity index (χ1n) is 3.64. The standard InChI is InChI=1S/C7H9FN4S/c8-5-2-1-3-10-6(5)4-11-7(13)12-9/h1-3H,4,9H2,(H2,11,12,13)/p+1. The Labute approximate surface area is 80.3 Å². The molecule has 0 saturated heterocycles. The fourth-order valence-electron chi connectivity index (χ4n) is 0.775. The van der Waals surface area contributed by atoms with E-state index in [4.69, 9.17) is 12.2 Å². The van der Waals surface area contributed by atoms with Crippen molar-refractivity contribution in [3.05, 3.63) is 29.8 Å². The summed E-state index contributed by atoms with van der Waals surface area (Å²) in [5, 5.41) is 3.11. The first-order valence-corrected chi connectivity index (χ1v) is 4.05. The van der Waals surface area contributed by atoms with E-state index in [9.17, 15) is 4.39 Å². The van der Waals surface area contributed by atoms with Gasteiger partial charge >= 0.3 is 0 Å². The lowest BCUT2D eigenvalue weighted by Crippen LogP contribution is -2.69. The Morgan fingerprint density at radius 1 is 1.69 bits per heavy atom. The van der Waals surface area contributed by atoms with Crippen LogP contribution < -0.4 is 16.6 Å². The molecule has 1 heterocycles. The van der Waals surface area contributed by atoms with E-state index >= 15 is 0 Å². The van der Waals surface area contributed by atoms with Gasteiger partial charge in [0.15, 0.2) is 0 Å². The molecule has 4 nitrogen and oxygen atoms in total. The van der Waals surface area contributed by atoms with Gasteiger partial charge in [-0.2, -0.15) is 0 Å². The zero-order valence-electron chi connectivity index (χ0n) is 6.88. The largest absolute Gasteiger partial charge is 0.353 e. The highest BCUT2D eigenvalue weighted by Crippen LogP contribution is 2.00. The molecule has 0 saturated carbocycles. The quantitative estimate of drug-likeness (QED) is 0.439. The van der Waals surface area contributed by atoms with Crippen molar-refractivity contribution in [2.75, 3.05) is 0 Å². The maximum Gasteiger partial charge on any atom is 0.213 e. The van der Waals surface area contributed by atoms with Gasteiger partial charge in [-0.25, -0.2) is 9.82 Å². The third-order valence-electron chi connectivity index (χ3n) is 1.41. The van der Waals surface area contributed by atoms with Crippen LogP contribution in [0.4, 0.5) is 4.39 Å². The van der Waals surface area contributed by atoms with E-state index in [1.807, 2.05) is 0 Å². The lowest BCUT2D eigenvalue weighted by Gasteiger charge is -2.04. The van der Waals surface area contributed by atoms with Crippen molar-refractivity contribution in [1.29, 1.82) is 0 Å². The van der Waals surface area contributed by atoms with Crippen LogP contribution >= 0.6 is 12.2 Å². The van der Waals surface area contributed by atoms with E-state index in [2.05, 4.69) is 21.6 Å². The molecule has 0 atom stereocenters. The molecule has 0 unspecified atom stereocenters. The summed E-state index contributed by atoms with van der Waals surface area (Å²) < 4.78 is 13.0. The SMILES string of the molecule is [NH3+]NC(=S)NCc1ncccc1F. The Morgan fingerprint density at radius 3 is 3.08 bits per heavy atom. The van der Waals surface area contributed by atoms with Gasteiger partial charge in [0.25, 0.3) is 0 Å². The van der Waals surface area contributed by atoms with Gasteiger partial charge < -0.3 is 5.32 Å². The molecule has 0 aromatic carbocycles. The summed E-state index contributed by atoms with van der Waals surface area (Å²) in [4.78, 5) is 3.84. The van der Waals surface area contributed by atoms with Crippen molar-refractivity contribution in [1.82, 2.24) is 15.7 Å². The molecule has 0 bridgehead atoms. The van der Waals surface area contributed by atoms with E-state index in [1.54, 1.807) is 0 Å². The lowest BCUT2D eigenvalue weighted by molar-refractivity contribution is -0.419. The van der Waals surface area contributed by atoms with Gasteiger partial charge in [-0.1, -0.05) is 0 Å². The molecule has 0 aliphatic carbocycles. The van der Waals surface area contributed by atoms with Gasteiger partial charge in [0, 0.05) is 6.20 Å². The minimum absolute atomic E-state index is 0.258. The maximum absolute atomic E-state index is 13.0. The molecule has 0 aliphatic heterocycles. The molecule has 0 fully saturated rings. The summed E-state index contributed by atoms with van der Waals surface area (Å²) in [7, 11) is 0. The number of quaternary nitrogens is 1. The first-order chi connectivity index (χ1) is 6.24. The second-order valence-corrected chi connectivity index (χ2v) is 2.70. The van der Waals surface area contributed by atoms with Crippen LogP contribution in [0.25, 0.3) is 0 Å². The van der Waals surface area contributed by atoms with E-state index in [0.29, 0.717) is 10.8 Å². The Morgan fingerprint density at radius 2 is 2.46 bits per heavy atom. The zero-order valence-corrected chi connectivity index (χ0v) is 7.70. The molecule has 0 spiro atoms. The summed E-state index contributed by atoms with van der Waals surface area (Å²) in [6.45, 7) is 0.258. The van der Waals surface area contributed by atoms with Crippen molar-refractivity contribution < 1.29 is 10.2 Å². The minimum Gasteiger partial charge on any atom is -0.353 e. The fourth-order valence-corrected chi connectivity index (χ4v) is 0.847. The van der Waals surface area contributed by atoms with Crippen LogP contribution in [-0.2, 0) is 6.54 Å². The first kappa shape index (κ1) is 9.82. The molecule has 6 heteroatoms. The van der Waals surface area contributed by atoms with Crippen molar-refractivity contribution >= 4 is 17.3 Å². The summed E-state index contributed by atoms with van der Waals surface area (Å²) in [6, 6.07) is 2.89. The number of aromatic nitrogens is 1. The van der Waals surface area contributed by atoms with Gasteiger partial charge in [-0.15, -0.1) is 0 Å². The Hall–Kier alpha value is -1.27. The number of hydrogen-bond donors (Lipinski definition) is 3. The number of pyridine rings is 1. The summed E-state index contributed by atoms with van der Waals surface area (Å²) in [6.07, 6.45) is 1.53. The highest BCUT2D eigenvalue weighted by molar-refractivity contribution is 7.80. The van der Waals surface area contributed by atoms with Crippen molar-refractivity contribution in [2.24, 2.45) is 0 Å². The van der Waals surface area contributed by atoms with E-state index < -0.39 is 0 Å². The molecule has 13 heavy (non-hydrogen) atoms. The van der Waals surface area contributed by atoms with Gasteiger partial charge in [0.1, 0.15) is 5.82 Å². The molecular weight excluding hydrogens is 191 g/mol. The summed E-state index contributed by atoms with van der Waals surface area (Å²) >= 11 is 4.76. The van der Waals surface area contributed by atoms with Crippen LogP contribution in [0, 0.1) is 5.82 Å². The summed E-state index contributed by atoms with van der Waals surface area (Å²) in [5.41, 5.74) is 2.81. The monoisotopic (exact) mass is 201 g/mol. The van der Waals surface area contributed by atoms with E-state index in [0.717, 1.165) is 0 Å². The average Bonchev–Trinajstić information content (AvgIpc) is 2.16. The Balaban J connectivity index is 2.54. The van der Waals surface area contributed by atoms with E-state index in [-0.39, 0.29) is 12.4 Å². The molecule has 1 aromatic heterocycles. The number of hydrogen-bond acceptors (Lipinski definition) is 2. The minimum atomic E-state index is -0.345. The van der Waals surface area contributed by atoms with Crippen molar-refractivity contribution in [3.8, 4) is 0 Å². The number of rotatable bonds is 2. The fraction of sp³-hybridized carbons (Fsp3) is 0.143. The maximum atomic E-state index is 13.0. The molecular formula is C7H10FN4S+. The van der Waals surface area contributed by atoms with E-state index in [1.165, 1.54) is 18.3 Å². The number of nitrogens with zero attached hydrogens (tertiary/aromatic N) is 1. The van der Waals surface area contributed by atoms with Gasteiger partial charge in [-0.3, -0.25) is 10.8 Å². The van der Waals surface area contributed by atoms with Crippen LogP contribution in [0.1, 0.15) is 5.69 Å². The predicted molar refractivity (Wildman–Crippen MR) is 49.7 cm³/mol. The normalized spacial score (nSPS) is 9.38. The second kappa shape index (κ2) is 4.68. The van der Waals surface area contributed by atoms with Crippen molar-refractivity contribution in [3.63, 3.8) is 0 Å².